The number of hydrogen-bond acceptors (Lipinski definition) is 4. The molecule has 0 spiro atoms. The fraction of sp³-hybridized carbons (Fsp3) is 0.429. The number of fused-ring (bicyclic) bond motifs is 1. The van der Waals surface area contributed by atoms with Crippen LogP contribution in [0.5, 0.6) is 5.75 Å². The predicted octanol–water partition coefficient (Wildman–Crippen LogP) is 4.75. The number of aromatic amines is 1. The second-order valence-electron chi connectivity index (χ2n) is 9.87. The Labute approximate surface area is 211 Å². The highest BCUT2D eigenvalue weighted by atomic mass is 16.5. The van der Waals surface area contributed by atoms with Crippen molar-refractivity contribution in [1.29, 1.82) is 0 Å². The lowest BCUT2D eigenvalue weighted by Crippen LogP contribution is -2.52. The normalized spacial score (nSPS) is 18.8. The van der Waals surface area contributed by atoms with E-state index in [1.165, 1.54) is 10.9 Å². The van der Waals surface area contributed by atoms with Gasteiger partial charge in [-0.25, -0.2) is 4.79 Å². The van der Waals surface area contributed by atoms with E-state index in [-0.39, 0.29) is 11.9 Å². The number of rotatable bonds is 6. The van der Waals surface area contributed by atoms with Crippen molar-refractivity contribution in [3.05, 3.63) is 60.3 Å². The maximum Gasteiger partial charge on any atom is 0.321 e. The summed E-state index contributed by atoms with van der Waals surface area (Å²) in [4.78, 5) is 32.4. The van der Waals surface area contributed by atoms with Crippen LogP contribution < -0.4 is 10.1 Å². The van der Waals surface area contributed by atoms with Crippen LogP contribution in [0.3, 0.4) is 0 Å². The van der Waals surface area contributed by atoms with Crippen molar-refractivity contribution in [3.8, 4) is 5.75 Å². The van der Waals surface area contributed by atoms with Crippen LogP contribution in [0.25, 0.3) is 10.9 Å². The summed E-state index contributed by atoms with van der Waals surface area (Å²) in [7, 11) is 1.61. The van der Waals surface area contributed by atoms with Gasteiger partial charge in [0.25, 0.3) is 0 Å². The summed E-state index contributed by atoms with van der Waals surface area (Å²) in [6, 6.07) is 14.9. The Hall–Kier alpha value is -3.52. The van der Waals surface area contributed by atoms with Gasteiger partial charge in [0, 0.05) is 35.9 Å². The van der Waals surface area contributed by atoms with E-state index in [0.29, 0.717) is 37.5 Å². The maximum absolute atomic E-state index is 12.7. The monoisotopic (exact) mass is 490 g/mol. The molecule has 190 valence electrons. The van der Waals surface area contributed by atoms with E-state index >= 15 is 0 Å². The van der Waals surface area contributed by atoms with Gasteiger partial charge in [0.2, 0.25) is 0 Å². The van der Waals surface area contributed by atoms with E-state index in [1.807, 2.05) is 18.2 Å². The van der Waals surface area contributed by atoms with E-state index in [1.54, 1.807) is 24.1 Å². The van der Waals surface area contributed by atoms with E-state index in [2.05, 4.69) is 39.6 Å². The van der Waals surface area contributed by atoms with Crippen molar-refractivity contribution in [2.75, 3.05) is 38.6 Å². The number of aromatic nitrogens is 1. The fourth-order valence-electron chi connectivity index (χ4n) is 5.87. The Morgan fingerprint density at radius 1 is 1.00 bits per heavy atom. The van der Waals surface area contributed by atoms with Gasteiger partial charge in [0.15, 0.2) is 0 Å². The van der Waals surface area contributed by atoms with Gasteiger partial charge in [-0.2, -0.15) is 0 Å². The van der Waals surface area contributed by atoms with E-state index < -0.39 is 12.0 Å². The molecule has 2 aliphatic rings. The number of hydrogen-bond donors (Lipinski definition) is 3. The Bertz CT molecular complexity index is 1190. The number of benzene rings is 2. The van der Waals surface area contributed by atoms with Crippen LogP contribution >= 0.6 is 0 Å². The van der Waals surface area contributed by atoms with Gasteiger partial charge in [-0.1, -0.05) is 18.2 Å². The number of carboxylic acids is 1. The van der Waals surface area contributed by atoms with Crippen molar-refractivity contribution in [3.63, 3.8) is 0 Å². The molecule has 1 aromatic heterocycles. The summed E-state index contributed by atoms with van der Waals surface area (Å²) in [6.07, 6.45) is 5.40. The average molecular weight is 491 g/mol. The Morgan fingerprint density at radius 2 is 1.69 bits per heavy atom. The van der Waals surface area contributed by atoms with Gasteiger partial charge >= 0.3 is 12.0 Å². The van der Waals surface area contributed by atoms with Crippen LogP contribution in [-0.2, 0) is 4.79 Å². The number of H-pyrrole nitrogens is 1. The fourth-order valence-corrected chi connectivity index (χ4v) is 5.87. The smallest absolute Gasteiger partial charge is 0.321 e. The third-order valence-corrected chi connectivity index (χ3v) is 7.85. The van der Waals surface area contributed by atoms with Crippen molar-refractivity contribution in [1.82, 2.24) is 14.8 Å². The van der Waals surface area contributed by atoms with Crippen LogP contribution in [0.1, 0.15) is 37.2 Å². The first kappa shape index (κ1) is 24.2. The Morgan fingerprint density at radius 3 is 2.36 bits per heavy atom. The Kier molecular flexibility index (Phi) is 7.13. The number of urea groups is 1. The molecule has 3 N–H and O–H groups in total. The van der Waals surface area contributed by atoms with Crippen LogP contribution in [0, 0.1) is 5.92 Å². The number of aliphatic carboxylic acids is 1. The van der Waals surface area contributed by atoms with Gasteiger partial charge in [0.1, 0.15) is 11.8 Å². The minimum Gasteiger partial charge on any atom is -0.497 e. The number of para-hydroxylation sites is 1. The molecule has 2 amide bonds. The SMILES string of the molecule is COc1ccc(NC(=O)N2CCC(C(C(=O)O)N3CCC(c4c[nH]c5ccccc45)CC3)CC2)cc1. The second-order valence-corrected chi connectivity index (χ2v) is 9.87. The molecule has 8 heteroatoms. The summed E-state index contributed by atoms with van der Waals surface area (Å²) in [5, 5.41) is 14.3. The van der Waals surface area contributed by atoms with Gasteiger partial charge in [0.05, 0.1) is 7.11 Å². The number of carbonyl (C=O) groups is 2. The molecule has 3 aromatic rings. The minimum absolute atomic E-state index is 0.0391. The van der Waals surface area contributed by atoms with Crippen molar-refractivity contribution in [2.24, 2.45) is 5.92 Å². The van der Waals surface area contributed by atoms with Crippen molar-refractivity contribution in [2.45, 2.75) is 37.6 Å². The summed E-state index contributed by atoms with van der Waals surface area (Å²) < 4.78 is 5.16. The van der Waals surface area contributed by atoms with Gasteiger partial charge < -0.3 is 25.0 Å². The number of carbonyl (C=O) groups excluding carboxylic acids is 1. The third kappa shape index (κ3) is 5.04. The lowest BCUT2D eigenvalue weighted by molar-refractivity contribution is -0.146. The molecule has 3 heterocycles. The standard InChI is InChI=1S/C28H34N4O4/c1-36-22-8-6-21(7-9-22)30-28(35)32-16-12-20(13-17-32)26(27(33)34)31-14-10-19(11-15-31)24-18-29-25-5-3-2-4-23(24)25/h2-9,18-20,26,29H,10-17H2,1H3,(H,30,35)(H,33,34). The van der Waals surface area contributed by atoms with Gasteiger partial charge in [-0.15, -0.1) is 0 Å². The van der Waals surface area contributed by atoms with E-state index in [0.717, 1.165) is 37.2 Å². The molecule has 2 aromatic carbocycles. The molecule has 0 radical (unpaired) electrons. The molecule has 5 rings (SSSR count). The number of piperidine rings is 2. The zero-order chi connectivity index (χ0) is 25.1. The maximum atomic E-state index is 12.7. The van der Waals surface area contributed by atoms with Crippen molar-refractivity contribution < 1.29 is 19.4 Å². The Balaban J connectivity index is 1.16. The first-order valence-corrected chi connectivity index (χ1v) is 12.8. The molecular weight excluding hydrogens is 456 g/mol. The van der Waals surface area contributed by atoms with E-state index in [9.17, 15) is 14.7 Å². The zero-order valence-corrected chi connectivity index (χ0v) is 20.7. The molecule has 2 saturated heterocycles. The topological polar surface area (TPSA) is 97.9 Å². The highest BCUT2D eigenvalue weighted by Gasteiger charge is 2.38. The molecule has 0 saturated carbocycles. The predicted molar refractivity (Wildman–Crippen MR) is 140 cm³/mol. The molecule has 1 unspecified atom stereocenters. The number of likely N-dealkylation sites (tertiary alicyclic amines) is 2. The summed E-state index contributed by atoms with van der Waals surface area (Å²) in [5.74, 6) is 0.466. The molecule has 2 aliphatic heterocycles. The largest absolute Gasteiger partial charge is 0.497 e. The highest BCUT2D eigenvalue weighted by molar-refractivity contribution is 5.89. The third-order valence-electron chi connectivity index (χ3n) is 7.85. The number of nitrogens with zero attached hydrogens (tertiary/aromatic N) is 2. The van der Waals surface area contributed by atoms with Crippen molar-refractivity contribution >= 4 is 28.6 Å². The molecule has 36 heavy (non-hydrogen) atoms. The quantitative estimate of drug-likeness (QED) is 0.463. The first-order valence-electron chi connectivity index (χ1n) is 12.8. The summed E-state index contributed by atoms with van der Waals surface area (Å²) >= 11 is 0. The molecule has 8 nitrogen and oxygen atoms in total. The summed E-state index contributed by atoms with van der Waals surface area (Å²) in [6.45, 7) is 2.67. The van der Waals surface area contributed by atoms with Gasteiger partial charge in [-0.3, -0.25) is 9.69 Å². The first-order chi connectivity index (χ1) is 17.5. The zero-order valence-electron chi connectivity index (χ0n) is 20.7. The van der Waals surface area contributed by atoms with Crippen LogP contribution in [0.4, 0.5) is 10.5 Å². The second kappa shape index (κ2) is 10.6. The summed E-state index contributed by atoms with van der Waals surface area (Å²) in [5.41, 5.74) is 3.21. The molecule has 0 bridgehead atoms. The molecule has 1 atom stereocenters. The van der Waals surface area contributed by atoms with E-state index in [4.69, 9.17) is 4.74 Å². The average Bonchev–Trinajstić information content (AvgIpc) is 3.34. The number of carboxylic acid groups (broad SMARTS) is 1. The minimum atomic E-state index is -0.748. The van der Waals surface area contributed by atoms with Crippen LogP contribution in [0.2, 0.25) is 0 Å². The number of methoxy groups -OCH3 is 1. The van der Waals surface area contributed by atoms with Crippen LogP contribution in [0.15, 0.2) is 54.7 Å². The molecule has 0 aliphatic carbocycles. The molecule has 2 fully saturated rings. The lowest BCUT2D eigenvalue weighted by atomic mass is 9.84. The highest BCUT2D eigenvalue weighted by Crippen LogP contribution is 2.35. The lowest BCUT2D eigenvalue weighted by Gasteiger charge is -2.41. The van der Waals surface area contributed by atoms with Gasteiger partial charge in [-0.05, 0) is 86.5 Å². The number of nitrogens with one attached hydrogen (secondary N) is 2. The molecular formula is C28H34N4O4. The number of anilines is 1. The number of ether oxygens (including phenoxy) is 1. The number of amides is 2. The van der Waals surface area contributed by atoms with Crippen LogP contribution in [-0.4, -0.2) is 71.2 Å².